The molecule has 0 bridgehead atoms. The van der Waals surface area contributed by atoms with Crippen LogP contribution in [0.2, 0.25) is 0 Å². The summed E-state index contributed by atoms with van der Waals surface area (Å²) in [6.07, 6.45) is 5.34. The van der Waals surface area contributed by atoms with Gasteiger partial charge in [-0.3, -0.25) is 4.79 Å². The van der Waals surface area contributed by atoms with Crippen molar-refractivity contribution in [3.05, 3.63) is 12.2 Å². The molecular formula is C14H27NO2. The number of rotatable bonds is 9. The topological polar surface area (TPSA) is 38.3 Å². The fourth-order valence-corrected chi connectivity index (χ4v) is 1.18. The highest BCUT2D eigenvalue weighted by molar-refractivity contribution is 5.75. The Bertz CT molecular complexity index is 222. The van der Waals surface area contributed by atoms with E-state index in [0.717, 1.165) is 19.6 Å². The van der Waals surface area contributed by atoms with Crippen LogP contribution in [0.3, 0.4) is 0 Å². The predicted molar refractivity (Wildman–Crippen MR) is 71.9 cm³/mol. The number of allylic oxidation sites excluding steroid dienone is 1. The molecule has 0 rings (SSSR count). The van der Waals surface area contributed by atoms with E-state index < -0.39 is 0 Å². The van der Waals surface area contributed by atoms with E-state index in [1.807, 2.05) is 12.2 Å². The van der Waals surface area contributed by atoms with Crippen LogP contribution in [0.1, 0.15) is 40.5 Å². The van der Waals surface area contributed by atoms with E-state index in [9.17, 15) is 4.79 Å². The van der Waals surface area contributed by atoms with Crippen LogP contribution < -0.4 is 5.32 Å². The second kappa shape index (κ2) is 10.3. The molecule has 0 aromatic carbocycles. The van der Waals surface area contributed by atoms with Crippen LogP contribution in [0.15, 0.2) is 12.2 Å². The third kappa shape index (κ3) is 13.1. The standard InChI is InChI=1S/C14H27NO2/c1-12(2)10-15-14(16)8-6-5-7-9-17-11-13(3)4/h5,7,12-13H,6,8-11H2,1-4H3,(H,15,16)/b7-5+. The molecule has 0 radical (unpaired) electrons. The summed E-state index contributed by atoms with van der Waals surface area (Å²) in [5, 5.41) is 2.90. The smallest absolute Gasteiger partial charge is 0.220 e. The van der Waals surface area contributed by atoms with Crippen LogP contribution in [-0.4, -0.2) is 25.7 Å². The third-order valence-corrected chi connectivity index (χ3v) is 2.08. The van der Waals surface area contributed by atoms with Gasteiger partial charge in [-0.05, 0) is 18.3 Å². The van der Waals surface area contributed by atoms with Gasteiger partial charge in [0.1, 0.15) is 0 Å². The average Bonchev–Trinajstić information content (AvgIpc) is 2.24. The highest BCUT2D eigenvalue weighted by Crippen LogP contribution is 1.95. The van der Waals surface area contributed by atoms with E-state index in [2.05, 4.69) is 33.0 Å². The van der Waals surface area contributed by atoms with E-state index in [4.69, 9.17) is 4.74 Å². The molecule has 0 aromatic heterocycles. The molecule has 1 amide bonds. The Morgan fingerprint density at radius 2 is 1.88 bits per heavy atom. The summed E-state index contributed by atoms with van der Waals surface area (Å²) < 4.78 is 5.39. The maximum Gasteiger partial charge on any atom is 0.220 e. The first kappa shape index (κ1) is 16.2. The summed E-state index contributed by atoms with van der Waals surface area (Å²) in [5.74, 6) is 1.22. The van der Waals surface area contributed by atoms with E-state index in [0.29, 0.717) is 24.9 Å². The maximum absolute atomic E-state index is 11.3. The molecule has 100 valence electrons. The van der Waals surface area contributed by atoms with Crippen molar-refractivity contribution in [3.8, 4) is 0 Å². The Morgan fingerprint density at radius 1 is 1.18 bits per heavy atom. The summed E-state index contributed by atoms with van der Waals surface area (Å²) in [6.45, 7) is 10.6. The predicted octanol–water partition coefficient (Wildman–Crippen LogP) is 2.77. The second-order valence-electron chi connectivity index (χ2n) is 5.14. The van der Waals surface area contributed by atoms with Gasteiger partial charge in [0.05, 0.1) is 6.61 Å². The lowest BCUT2D eigenvalue weighted by Gasteiger charge is -2.06. The van der Waals surface area contributed by atoms with Gasteiger partial charge in [0.15, 0.2) is 0 Å². The zero-order chi connectivity index (χ0) is 13.1. The molecule has 0 unspecified atom stereocenters. The van der Waals surface area contributed by atoms with Crippen LogP contribution in [0.4, 0.5) is 0 Å². The first-order chi connectivity index (χ1) is 8.02. The van der Waals surface area contributed by atoms with Crippen molar-refractivity contribution in [1.29, 1.82) is 0 Å². The molecule has 0 aliphatic heterocycles. The minimum absolute atomic E-state index is 0.131. The number of carbonyl (C=O) groups is 1. The van der Waals surface area contributed by atoms with Crippen molar-refractivity contribution >= 4 is 5.91 Å². The van der Waals surface area contributed by atoms with Crippen LogP contribution in [0, 0.1) is 11.8 Å². The van der Waals surface area contributed by atoms with Gasteiger partial charge in [0, 0.05) is 19.6 Å². The SMILES string of the molecule is CC(C)CNC(=O)CC/C=C/COCC(C)C. The third-order valence-electron chi connectivity index (χ3n) is 2.08. The number of hydrogen-bond acceptors (Lipinski definition) is 2. The number of ether oxygens (including phenoxy) is 1. The lowest BCUT2D eigenvalue weighted by atomic mass is 10.2. The van der Waals surface area contributed by atoms with Gasteiger partial charge in [0.25, 0.3) is 0 Å². The molecule has 0 aliphatic carbocycles. The summed E-state index contributed by atoms with van der Waals surface area (Å²) in [4.78, 5) is 11.3. The molecule has 3 nitrogen and oxygen atoms in total. The van der Waals surface area contributed by atoms with Crippen LogP contribution in [0.5, 0.6) is 0 Å². The summed E-state index contributed by atoms with van der Waals surface area (Å²) in [6, 6.07) is 0. The van der Waals surface area contributed by atoms with Crippen molar-refractivity contribution in [2.24, 2.45) is 11.8 Å². The molecule has 1 N–H and O–H groups in total. The van der Waals surface area contributed by atoms with Gasteiger partial charge in [-0.2, -0.15) is 0 Å². The van der Waals surface area contributed by atoms with E-state index >= 15 is 0 Å². The van der Waals surface area contributed by atoms with E-state index in [1.165, 1.54) is 0 Å². The van der Waals surface area contributed by atoms with Gasteiger partial charge in [-0.15, -0.1) is 0 Å². The fraction of sp³-hybridized carbons (Fsp3) is 0.786. The van der Waals surface area contributed by atoms with Gasteiger partial charge < -0.3 is 10.1 Å². The number of amides is 1. The molecule has 0 aromatic rings. The lowest BCUT2D eigenvalue weighted by Crippen LogP contribution is -2.26. The van der Waals surface area contributed by atoms with E-state index in [1.54, 1.807) is 0 Å². The Morgan fingerprint density at radius 3 is 2.47 bits per heavy atom. The summed E-state index contributed by atoms with van der Waals surface area (Å²) in [7, 11) is 0. The van der Waals surface area contributed by atoms with Gasteiger partial charge in [0.2, 0.25) is 5.91 Å². The minimum atomic E-state index is 0.131. The highest BCUT2D eigenvalue weighted by atomic mass is 16.5. The minimum Gasteiger partial charge on any atom is -0.377 e. The average molecular weight is 241 g/mol. The Labute approximate surface area is 106 Å². The van der Waals surface area contributed by atoms with Crippen molar-refractivity contribution in [2.75, 3.05) is 19.8 Å². The Kier molecular flexibility index (Phi) is 9.83. The van der Waals surface area contributed by atoms with Gasteiger partial charge in [-0.1, -0.05) is 39.8 Å². The monoisotopic (exact) mass is 241 g/mol. The molecule has 0 saturated heterocycles. The van der Waals surface area contributed by atoms with Crippen molar-refractivity contribution in [2.45, 2.75) is 40.5 Å². The number of hydrogen-bond donors (Lipinski definition) is 1. The Balaban J connectivity index is 3.37. The van der Waals surface area contributed by atoms with Crippen molar-refractivity contribution < 1.29 is 9.53 Å². The fourth-order valence-electron chi connectivity index (χ4n) is 1.18. The molecule has 0 atom stereocenters. The summed E-state index contributed by atoms with van der Waals surface area (Å²) in [5.41, 5.74) is 0. The largest absolute Gasteiger partial charge is 0.377 e. The molecule has 17 heavy (non-hydrogen) atoms. The second-order valence-corrected chi connectivity index (χ2v) is 5.14. The zero-order valence-electron chi connectivity index (χ0n) is 11.7. The van der Waals surface area contributed by atoms with Crippen molar-refractivity contribution in [1.82, 2.24) is 5.32 Å². The van der Waals surface area contributed by atoms with Crippen LogP contribution >= 0.6 is 0 Å². The van der Waals surface area contributed by atoms with Crippen molar-refractivity contribution in [3.63, 3.8) is 0 Å². The van der Waals surface area contributed by atoms with E-state index in [-0.39, 0.29) is 5.91 Å². The number of carbonyl (C=O) groups excluding carboxylic acids is 1. The molecule has 3 heteroatoms. The molecule has 0 heterocycles. The number of nitrogens with one attached hydrogen (secondary N) is 1. The molecular weight excluding hydrogens is 214 g/mol. The lowest BCUT2D eigenvalue weighted by molar-refractivity contribution is -0.121. The van der Waals surface area contributed by atoms with Crippen LogP contribution in [0.25, 0.3) is 0 Å². The first-order valence-corrected chi connectivity index (χ1v) is 6.51. The normalized spacial score (nSPS) is 11.6. The molecule has 0 fully saturated rings. The molecule has 0 saturated carbocycles. The van der Waals surface area contributed by atoms with Gasteiger partial charge in [-0.25, -0.2) is 0 Å². The highest BCUT2D eigenvalue weighted by Gasteiger charge is 1.99. The zero-order valence-corrected chi connectivity index (χ0v) is 11.7. The van der Waals surface area contributed by atoms with Gasteiger partial charge >= 0.3 is 0 Å². The van der Waals surface area contributed by atoms with Crippen LogP contribution in [-0.2, 0) is 9.53 Å². The quantitative estimate of drug-likeness (QED) is 0.498. The maximum atomic E-state index is 11.3. The Hall–Kier alpha value is -0.830. The molecule has 0 aliphatic rings. The summed E-state index contributed by atoms with van der Waals surface area (Å²) >= 11 is 0. The molecule has 0 spiro atoms. The first-order valence-electron chi connectivity index (χ1n) is 6.51.